The molecule has 1 atom stereocenters. The van der Waals surface area contributed by atoms with Crippen LogP contribution in [0, 0.1) is 0 Å². The van der Waals surface area contributed by atoms with Crippen LogP contribution in [-0.2, 0) is 6.42 Å². The topological polar surface area (TPSA) is 73.0 Å². The average Bonchev–Trinajstić information content (AvgIpc) is 3.21. The van der Waals surface area contributed by atoms with Crippen LogP contribution in [0.2, 0.25) is 0 Å². The molecule has 0 amide bonds. The third-order valence-electron chi connectivity index (χ3n) is 6.76. The molecule has 36 heavy (non-hydrogen) atoms. The van der Waals surface area contributed by atoms with Gasteiger partial charge in [0, 0.05) is 5.56 Å². The van der Waals surface area contributed by atoms with Crippen molar-refractivity contribution in [3.63, 3.8) is 0 Å². The van der Waals surface area contributed by atoms with Crippen LogP contribution in [0.15, 0.2) is 82.1 Å². The Hall–Kier alpha value is -4.10. The van der Waals surface area contributed by atoms with Gasteiger partial charge in [-0.15, -0.1) is 0 Å². The number of aryl methyl sites for hydroxylation is 1. The zero-order valence-electron chi connectivity index (χ0n) is 19.9. The van der Waals surface area contributed by atoms with Crippen molar-refractivity contribution in [3.8, 4) is 17.2 Å². The number of phenols is 1. The SMILES string of the molecule is COc1ccc([C@@H]2C3=C(N=c4s/c(=C/c5cccc(O)c5)c(=O)n42)c2ccccc2CC3)cc1OC. The summed E-state index contributed by atoms with van der Waals surface area (Å²) in [5.41, 5.74) is 6.06. The summed E-state index contributed by atoms with van der Waals surface area (Å²) in [4.78, 5) is 19.5. The molecule has 1 aliphatic heterocycles. The lowest BCUT2D eigenvalue weighted by Gasteiger charge is -2.31. The normalized spacial score (nSPS) is 16.6. The van der Waals surface area contributed by atoms with Crippen molar-refractivity contribution >= 4 is 23.1 Å². The smallest absolute Gasteiger partial charge is 0.271 e. The van der Waals surface area contributed by atoms with E-state index in [-0.39, 0.29) is 17.4 Å². The van der Waals surface area contributed by atoms with Crippen LogP contribution in [0.4, 0.5) is 0 Å². The van der Waals surface area contributed by atoms with Crippen LogP contribution < -0.4 is 24.4 Å². The number of fused-ring (bicyclic) bond motifs is 3. The van der Waals surface area contributed by atoms with E-state index in [0.29, 0.717) is 20.8 Å². The number of ether oxygens (including phenoxy) is 2. The number of thiazole rings is 1. The molecule has 0 bridgehead atoms. The molecule has 0 saturated heterocycles. The highest BCUT2D eigenvalue weighted by atomic mass is 32.1. The molecular weight excluding hydrogens is 472 g/mol. The van der Waals surface area contributed by atoms with Crippen molar-refractivity contribution in [3.05, 3.63) is 114 Å². The van der Waals surface area contributed by atoms with Gasteiger partial charge in [0.2, 0.25) is 0 Å². The highest BCUT2D eigenvalue weighted by Crippen LogP contribution is 2.42. The molecule has 6 nitrogen and oxygen atoms in total. The molecule has 7 heteroatoms. The van der Waals surface area contributed by atoms with E-state index in [1.807, 2.05) is 36.4 Å². The van der Waals surface area contributed by atoms with Crippen LogP contribution in [0.1, 0.15) is 34.7 Å². The predicted octanol–water partition coefficient (Wildman–Crippen LogP) is 4.04. The molecule has 2 aliphatic rings. The Morgan fingerprint density at radius 3 is 2.64 bits per heavy atom. The molecule has 3 aromatic carbocycles. The number of hydrogen-bond donors (Lipinski definition) is 1. The maximum absolute atomic E-state index is 13.8. The summed E-state index contributed by atoms with van der Waals surface area (Å²) in [6.07, 6.45) is 3.51. The van der Waals surface area contributed by atoms with Gasteiger partial charge in [0.15, 0.2) is 16.3 Å². The molecule has 0 saturated carbocycles. The maximum atomic E-state index is 13.8. The van der Waals surface area contributed by atoms with Gasteiger partial charge in [-0.2, -0.15) is 0 Å². The Labute approximate surface area is 211 Å². The van der Waals surface area contributed by atoms with Crippen molar-refractivity contribution in [2.24, 2.45) is 4.99 Å². The summed E-state index contributed by atoms with van der Waals surface area (Å²) in [5.74, 6) is 1.42. The first-order valence-corrected chi connectivity index (χ1v) is 12.5. The summed E-state index contributed by atoms with van der Waals surface area (Å²) in [6.45, 7) is 0. The molecule has 4 aromatic rings. The lowest BCUT2D eigenvalue weighted by atomic mass is 9.83. The van der Waals surface area contributed by atoms with Crippen LogP contribution in [0.5, 0.6) is 17.2 Å². The number of aromatic nitrogens is 1. The van der Waals surface area contributed by atoms with E-state index in [4.69, 9.17) is 14.5 Å². The fraction of sp³-hybridized carbons (Fsp3) is 0.172. The van der Waals surface area contributed by atoms with E-state index in [1.165, 1.54) is 16.9 Å². The Morgan fingerprint density at radius 2 is 1.83 bits per heavy atom. The number of phenolic OH excluding ortho intramolecular Hbond substituents is 1. The summed E-state index contributed by atoms with van der Waals surface area (Å²) in [6, 6.07) is 20.8. The number of aromatic hydroxyl groups is 1. The summed E-state index contributed by atoms with van der Waals surface area (Å²) < 4.78 is 13.4. The van der Waals surface area contributed by atoms with Gasteiger partial charge in [-0.3, -0.25) is 9.36 Å². The molecule has 2 heterocycles. The minimum atomic E-state index is -0.310. The minimum absolute atomic E-state index is 0.104. The van der Waals surface area contributed by atoms with Gasteiger partial charge >= 0.3 is 0 Å². The quantitative estimate of drug-likeness (QED) is 0.463. The molecule has 180 valence electrons. The second-order valence-corrected chi connectivity index (χ2v) is 9.83. The van der Waals surface area contributed by atoms with Crippen LogP contribution in [-0.4, -0.2) is 23.9 Å². The number of benzene rings is 3. The summed E-state index contributed by atoms with van der Waals surface area (Å²) in [5, 5.41) is 9.89. The van der Waals surface area contributed by atoms with E-state index in [2.05, 4.69) is 18.2 Å². The van der Waals surface area contributed by atoms with Crippen molar-refractivity contribution in [2.45, 2.75) is 18.9 Å². The third kappa shape index (κ3) is 3.63. The van der Waals surface area contributed by atoms with Crippen LogP contribution >= 0.6 is 11.3 Å². The Morgan fingerprint density at radius 1 is 1.00 bits per heavy atom. The standard InChI is InChI=1S/C29H24N2O4S/c1-34-23-13-11-19(16-24(23)35-2)27-22-12-10-18-7-3-4-9-21(18)26(22)30-29-31(27)28(33)25(36-29)15-17-6-5-8-20(32)14-17/h3-9,11,13-16,27,32H,10,12H2,1-2H3/b25-15+/t27-/m1/s1. The Bertz CT molecular complexity index is 1710. The highest BCUT2D eigenvalue weighted by molar-refractivity contribution is 7.07. The van der Waals surface area contributed by atoms with Crippen molar-refractivity contribution in [1.29, 1.82) is 0 Å². The monoisotopic (exact) mass is 496 g/mol. The number of nitrogens with zero attached hydrogens (tertiary/aromatic N) is 2. The van der Waals surface area contributed by atoms with Crippen LogP contribution in [0.3, 0.4) is 0 Å². The predicted molar refractivity (Wildman–Crippen MR) is 140 cm³/mol. The van der Waals surface area contributed by atoms with Gasteiger partial charge in [-0.05, 0) is 65.4 Å². The highest BCUT2D eigenvalue weighted by Gasteiger charge is 2.33. The van der Waals surface area contributed by atoms with Gasteiger partial charge in [0.05, 0.1) is 30.5 Å². The summed E-state index contributed by atoms with van der Waals surface area (Å²) in [7, 11) is 3.23. The fourth-order valence-electron chi connectivity index (χ4n) is 5.11. The lowest BCUT2D eigenvalue weighted by molar-refractivity contribution is 0.354. The van der Waals surface area contributed by atoms with Gasteiger partial charge in [-0.1, -0.05) is 53.8 Å². The minimum Gasteiger partial charge on any atom is -0.508 e. The maximum Gasteiger partial charge on any atom is 0.271 e. The van der Waals surface area contributed by atoms with E-state index in [0.717, 1.165) is 40.8 Å². The first-order valence-electron chi connectivity index (χ1n) is 11.7. The Kier molecular flexibility index (Phi) is 5.49. The number of methoxy groups -OCH3 is 2. The molecule has 1 aromatic heterocycles. The van der Waals surface area contributed by atoms with Crippen LogP contribution in [0.25, 0.3) is 11.8 Å². The van der Waals surface area contributed by atoms with Gasteiger partial charge < -0.3 is 14.6 Å². The zero-order valence-corrected chi connectivity index (χ0v) is 20.7. The molecule has 0 unspecified atom stereocenters. The van der Waals surface area contributed by atoms with E-state index < -0.39 is 0 Å². The van der Waals surface area contributed by atoms with Crippen molar-refractivity contribution in [2.75, 3.05) is 14.2 Å². The molecule has 0 fully saturated rings. The van der Waals surface area contributed by atoms with E-state index >= 15 is 0 Å². The van der Waals surface area contributed by atoms with Gasteiger partial charge in [0.1, 0.15) is 5.75 Å². The largest absolute Gasteiger partial charge is 0.508 e. The average molecular weight is 497 g/mol. The van der Waals surface area contributed by atoms with Gasteiger partial charge in [-0.25, -0.2) is 4.99 Å². The molecular formula is C29H24N2O4S. The first kappa shape index (κ1) is 22.4. The molecule has 6 rings (SSSR count). The Balaban J connectivity index is 1.63. The van der Waals surface area contributed by atoms with Crippen molar-refractivity contribution in [1.82, 2.24) is 4.57 Å². The zero-order chi connectivity index (χ0) is 24.8. The second kappa shape index (κ2) is 8.84. The van der Waals surface area contributed by atoms with Crippen molar-refractivity contribution < 1.29 is 14.6 Å². The molecule has 1 N–H and O–H groups in total. The number of rotatable bonds is 4. The third-order valence-corrected chi connectivity index (χ3v) is 7.75. The lowest BCUT2D eigenvalue weighted by Crippen LogP contribution is -2.38. The second-order valence-electron chi connectivity index (χ2n) is 8.82. The first-order chi connectivity index (χ1) is 17.6. The van der Waals surface area contributed by atoms with E-state index in [9.17, 15) is 9.90 Å². The molecule has 1 aliphatic carbocycles. The number of hydrogen-bond acceptors (Lipinski definition) is 6. The fourth-order valence-corrected chi connectivity index (χ4v) is 6.11. The number of allylic oxidation sites excluding steroid dienone is 1. The van der Waals surface area contributed by atoms with Gasteiger partial charge in [0.25, 0.3) is 5.56 Å². The van der Waals surface area contributed by atoms with E-state index in [1.54, 1.807) is 37.0 Å². The molecule has 0 radical (unpaired) electrons. The molecule has 0 spiro atoms. The summed E-state index contributed by atoms with van der Waals surface area (Å²) >= 11 is 1.37.